The van der Waals surface area contributed by atoms with Gasteiger partial charge in [-0.15, -0.1) is 11.3 Å². The molecule has 1 aromatic heterocycles. The van der Waals surface area contributed by atoms with Gasteiger partial charge in [0.15, 0.2) is 0 Å². The maximum absolute atomic E-state index is 11.9. The van der Waals surface area contributed by atoms with Crippen LogP contribution in [0.15, 0.2) is 35.7 Å². The molecule has 2 amide bonds. The van der Waals surface area contributed by atoms with Crippen molar-refractivity contribution in [2.45, 2.75) is 13.0 Å². The summed E-state index contributed by atoms with van der Waals surface area (Å²) in [7, 11) is 0. The molecule has 1 atom stereocenters. The summed E-state index contributed by atoms with van der Waals surface area (Å²) in [6, 6.07) is 7.45. The molecule has 2 rings (SSSR count). The first-order valence-corrected chi connectivity index (χ1v) is 7.82. The summed E-state index contributed by atoms with van der Waals surface area (Å²) in [5, 5.41) is 27.1. The number of rotatable bonds is 5. The van der Waals surface area contributed by atoms with Gasteiger partial charge in [-0.2, -0.15) is 0 Å². The number of hydrogen-bond acceptors (Lipinski definition) is 6. The predicted molar refractivity (Wildman–Crippen MR) is 88.8 cm³/mol. The number of thiophene rings is 1. The Labute approximate surface area is 141 Å². The van der Waals surface area contributed by atoms with E-state index in [1.165, 1.54) is 29.5 Å². The Morgan fingerprint density at radius 3 is 2.71 bits per heavy atom. The van der Waals surface area contributed by atoms with E-state index in [1.54, 1.807) is 24.4 Å². The van der Waals surface area contributed by atoms with Crippen molar-refractivity contribution in [2.75, 3.05) is 11.9 Å². The minimum absolute atomic E-state index is 0.110. The van der Waals surface area contributed by atoms with Crippen molar-refractivity contribution in [3.8, 4) is 0 Å². The summed E-state index contributed by atoms with van der Waals surface area (Å²) in [5.41, 5.74) is 0.577. The van der Waals surface area contributed by atoms with E-state index in [9.17, 15) is 24.8 Å². The van der Waals surface area contributed by atoms with Crippen LogP contribution in [0.5, 0.6) is 0 Å². The number of nitrogens with one attached hydrogen (secondary N) is 2. The fourth-order valence-electron chi connectivity index (χ4n) is 1.89. The highest BCUT2D eigenvalue weighted by Crippen LogP contribution is 2.22. The van der Waals surface area contributed by atoms with Crippen LogP contribution in [0.1, 0.15) is 16.5 Å². The molecular weight excluding hydrogens is 334 g/mol. The Morgan fingerprint density at radius 2 is 2.08 bits per heavy atom. The Morgan fingerprint density at radius 1 is 1.33 bits per heavy atom. The van der Waals surface area contributed by atoms with E-state index in [4.69, 9.17) is 0 Å². The zero-order valence-corrected chi connectivity index (χ0v) is 13.5. The van der Waals surface area contributed by atoms with E-state index >= 15 is 0 Å². The van der Waals surface area contributed by atoms with Crippen LogP contribution in [-0.4, -0.2) is 28.4 Å². The van der Waals surface area contributed by atoms with Crippen molar-refractivity contribution in [3.63, 3.8) is 0 Å². The molecule has 1 unspecified atom stereocenters. The van der Waals surface area contributed by atoms with Crippen molar-refractivity contribution >= 4 is 34.5 Å². The molecule has 1 aromatic carbocycles. The molecule has 24 heavy (non-hydrogen) atoms. The number of nitrogens with zero attached hydrogens (tertiary/aromatic N) is 1. The van der Waals surface area contributed by atoms with E-state index in [-0.39, 0.29) is 17.9 Å². The lowest BCUT2D eigenvalue weighted by Gasteiger charge is -2.11. The molecule has 3 N–H and O–H groups in total. The number of nitro benzene ring substituents is 1. The fourth-order valence-corrected chi connectivity index (χ4v) is 2.60. The van der Waals surface area contributed by atoms with Gasteiger partial charge in [0.25, 0.3) is 5.69 Å². The van der Waals surface area contributed by atoms with E-state index in [0.29, 0.717) is 10.4 Å². The number of amides is 2. The van der Waals surface area contributed by atoms with Gasteiger partial charge in [0.1, 0.15) is 6.10 Å². The van der Waals surface area contributed by atoms with Gasteiger partial charge in [-0.1, -0.05) is 12.1 Å². The highest BCUT2D eigenvalue weighted by atomic mass is 32.1. The summed E-state index contributed by atoms with van der Waals surface area (Å²) in [4.78, 5) is 34.5. The molecule has 1 heterocycles. The van der Waals surface area contributed by atoms with Crippen LogP contribution in [0.3, 0.4) is 0 Å². The molecule has 0 fully saturated rings. The van der Waals surface area contributed by atoms with Gasteiger partial charge in [0, 0.05) is 23.6 Å². The first-order valence-electron chi connectivity index (χ1n) is 6.94. The van der Waals surface area contributed by atoms with E-state index in [2.05, 4.69) is 10.6 Å². The van der Waals surface area contributed by atoms with E-state index in [1.807, 2.05) is 0 Å². The van der Waals surface area contributed by atoms with Crippen LogP contribution in [0.25, 0.3) is 0 Å². The molecule has 126 valence electrons. The van der Waals surface area contributed by atoms with E-state index < -0.39 is 22.8 Å². The number of aliphatic hydroxyl groups is 1. The molecule has 0 aliphatic carbocycles. The van der Waals surface area contributed by atoms with Crippen LogP contribution >= 0.6 is 11.3 Å². The van der Waals surface area contributed by atoms with Crippen molar-refractivity contribution in [3.05, 3.63) is 56.3 Å². The molecule has 0 aliphatic heterocycles. The first kappa shape index (κ1) is 17.6. The summed E-state index contributed by atoms with van der Waals surface area (Å²) in [6.07, 6.45) is -0.902. The van der Waals surface area contributed by atoms with Crippen molar-refractivity contribution in [1.82, 2.24) is 5.32 Å². The van der Waals surface area contributed by atoms with Crippen LogP contribution in [-0.2, 0) is 9.59 Å². The molecular formula is C15H15N3O5S. The second-order valence-electron chi connectivity index (χ2n) is 4.95. The van der Waals surface area contributed by atoms with Gasteiger partial charge >= 0.3 is 11.8 Å². The standard InChI is InChI=1S/C15H15N3O5S/c1-9-4-5-10(18(22)23)7-11(9)17-15(21)14(20)16-8-12(19)13-3-2-6-24-13/h2-7,12,19H,8H2,1H3,(H,16,20)(H,17,21). The van der Waals surface area contributed by atoms with Crippen LogP contribution in [0.2, 0.25) is 0 Å². The molecule has 0 spiro atoms. The summed E-state index contributed by atoms with van der Waals surface area (Å²) >= 11 is 1.33. The topological polar surface area (TPSA) is 122 Å². The molecule has 9 heteroatoms. The normalized spacial score (nSPS) is 11.6. The van der Waals surface area contributed by atoms with Crippen LogP contribution < -0.4 is 10.6 Å². The molecule has 0 aliphatic rings. The van der Waals surface area contributed by atoms with Gasteiger partial charge in [-0.05, 0) is 23.9 Å². The number of carbonyl (C=O) groups is 2. The van der Waals surface area contributed by atoms with Crippen LogP contribution in [0.4, 0.5) is 11.4 Å². The quantitative estimate of drug-likeness (QED) is 0.431. The molecule has 8 nitrogen and oxygen atoms in total. The number of non-ortho nitro benzene ring substituents is 1. The van der Waals surface area contributed by atoms with Crippen molar-refractivity contribution in [2.24, 2.45) is 0 Å². The van der Waals surface area contributed by atoms with Gasteiger partial charge in [0.2, 0.25) is 0 Å². The number of hydrogen-bond donors (Lipinski definition) is 3. The average molecular weight is 349 g/mol. The lowest BCUT2D eigenvalue weighted by atomic mass is 10.2. The minimum atomic E-state index is -0.961. The number of aryl methyl sites for hydroxylation is 1. The zero-order chi connectivity index (χ0) is 17.7. The maximum Gasteiger partial charge on any atom is 0.313 e. The van der Waals surface area contributed by atoms with Gasteiger partial charge in [0.05, 0.1) is 10.6 Å². The Bertz CT molecular complexity index is 760. The summed E-state index contributed by atoms with van der Waals surface area (Å²) in [5.74, 6) is -1.89. The number of aliphatic hydroxyl groups excluding tert-OH is 1. The van der Waals surface area contributed by atoms with E-state index in [0.717, 1.165) is 0 Å². The fraction of sp³-hybridized carbons (Fsp3) is 0.200. The SMILES string of the molecule is Cc1ccc([N+](=O)[O-])cc1NC(=O)C(=O)NCC(O)c1cccs1. The number of carbonyl (C=O) groups excluding carboxylic acids is 2. The first-order chi connectivity index (χ1) is 11.4. The molecule has 2 aromatic rings. The number of nitro groups is 1. The van der Waals surface area contributed by atoms with Gasteiger partial charge in [-0.3, -0.25) is 19.7 Å². The zero-order valence-electron chi connectivity index (χ0n) is 12.7. The smallest absolute Gasteiger partial charge is 0.313 e. The second-order valence-corrected chi connectivity index (χ2v) is 5.93. The summed E-state index contributed by atoms with van der Waals surface area (Å²) in [6.45, 7) is 1.54. The Kier molecular flexibility index (Phi) is 5.61. The monoisotopic (exact) mass is 349 g/mol. The number of anilines is 1. The molecule has 0 saturated heterocycles. The third kappa shape index (κ3) is 4.37. The summed E-state index contributed by atoms with van der Waals surface area (Å²) < 4.78 is 0. The van der Waals surface area contributed by atoms with Gasteiger partial charge in [-0.25, -0.2) is 0 Å². The maximum atomic E-state index is 11.9. The van der Waals surface area contributed by atoms with Crippen molar-refractivity contribution in [1.29, 1.82) is 0 Å². The lowest BCUT2D eigenvalue weighted by molar-refractivity contribution is -0.384. The largest absolute Gasteiger partial charge is 0.386 e. The molecule has 0 radical (unpaired) electrons. The van der Waals surface area contributed by atoms with Gasteiger partial charge < -0.3 is 15.7 Å². The Hall–Kier alpha value is -2.78. The highest BCUT2D eigenvalue weighted by molar-refractivity contribution is 7.10. The third-order valence-corrected chi connectivity index (χ3v) is 4.19. The lowest BCUT2D eigenvalue weighted by Crippen LogP contribution is -2.37. The van der Waals surface area contributed by atoms with Crippen molar-refractivity contribution < 1.29 is 19.6 Å². The predicted octanol–water partition coefficient (Wildman–Crippen LogP) is 1.75. The molecule has 0 bridgehead atoms. The number of benzene rings is 1. The average Bonchev–Trinajstić information content (AvgIpc) is 3.08. The third-order valence-electron chi connectivity index (χ3n) is 3.21. The molecule has 0 saturated carbocycles. The highest BCUT2D eigenvalue weighted by Gasteiger charge is 2.18. The second kappa shape index (κ2) is 7.66. The Balaban J connectivity index is 1.95. The minimum Gasteiger partial charge on any atom is -0.386 e. The van der Waals surface area contributed by atoms with Crippen LogP contribution in [0, 0.1) is 17.0 Å².